The molecule has 4 nitrogen and oxygen atoms in total. The number of hydrogen-bond donors (Lipinski definition) is 0. The van der Waals surface area contributed by atoms with Gasteiger partial charge in [-0.15, -0.1) is 0 Å². The molecule has 1 amide bonds. The van der Waals surface area contributed by atoms with E-state index in [0.29, 0.717) is 12.8 Å². The van der Waals surface area contributed by atoms with E-state index in [1.807, 2.05) is 0 Å². The summed E-state index contributed by atoms with van der Waals surface area (Å²) in [7, 11) is -3.63. The van der Waals surface area contributed by atoms with Crippen LogP contribution in [-0.2, 0) is 21.1 Å². The van der Waals surface area contributed by atoms with Crippen molar-refractivity contribution in [3.05, 3.63) is 29.3 Å². The number of halogens is 2. The molecule has 2 rings (SSSR count). The maximum atomic E-state index is 13.8. The molecule has 0 bridgehead atoms. The zero-order valence-corrected chi connectivity index (χ0v) is 13.6. The highest BCUT2D eigenvalue weighted by atomic mass is 32.2. The van der Waals surface area contributed by atoms with Gasteiger partial charge in [0.2, 0.25) is 5.91 Å². The average molecular weight is 331 g/mol. The minimum absolute atomic E-state index is 0.138. The second-order valence-electron chi connectivity index (χ2n) is 5.76. The van der Waals surface area contributed by atoms with Gasteiger partial charge in [-0.25, -0.2) is 17.2 Å². The molecular formula is C15H19F2NO3S. The van der Waals surface area contributed by atoms with Gasteiger partial charge in [0.25, 0.3) is 0 Å². The molecule has 1 aromatic rings. The Morgan fingerprint density at radius 1 is 1.23 bits per heavy atom. The number of sulfone groups is 1. The van der Waals surface area contributed by atoms with Gasteiger partial charge in [-0.2, -0.15) is 0 Å². The maximum Gasteiger partial charge on any atom is 0.245 e. The molecule has 1 aromatic carbocycles. The van der Waals surface area contributed by atoms with E-state index in [4.69, 9.17) is 0 Å². The van der Waals surface area contributed by atoms with Crippen LogP contribution in [-0.4, -0.2) is 31.4 Å². The predicted octanol–water partition coefficient (Wildman–Crippen LogP) is 2.46. The normalized spacial score (nSPS) is 16.5. The summed E-state index contributed by atoms with van der Waals surface area (Å²) in [6, 6.07) is 1.87. The zero-order valence-electron chi connectivity index (χ0n) is 12.8. The number of hydrogen-bond acceptors (Lipinski definition) is 3. The van der Waals surface area contributed by atoms with Gasteiger partial charge in [-0.05, 0) is 39.7 Å². The lowest BCUT2D eigenvalue weighted by Crippen LogP contribution is -2.46. The third-order valence-corrected chi connectivity index (χ3v) is 6.50. The molecule has 1 unspecified atom stereocenters. The fourth-order valence-corrected chi connectivity index (χ4v) is 3.83. The summed E-state index contributed by atoms with van der Waals surface area (Å²) in [6.07, 6.45) is 0.909. The minimum Gasteiger partial charge on any atom is -0.311 e. The van der Waals surface area contributed by atoms with Crippen molar-refractivity contribution >= 4 is 21.4 Å². The van der Waals surface area contributed by atoms with Crippen molar-refractivity contribution in [2.75, 3.05) is 11.4 Å². The molecule has 1 heterocycles. The molecule has 1 aliphatic rings. The Balaban J connectivity index is 2.42. The summed E-state index contributed by atoms with van der Waals surface area (Å²) < 4.78 is 51.6. The summed E-state index contributed by atoms with van der Waals surface area (Å²) in [5.41, 5.74) is 0.398. The van der Waals surface area contributed by atoms with Crippen LogP contribution in [0.1, 0.15) is 32.8 Å². The number of rotatable bonds is 3. The van der Waals surface area contributed by atoms with Gasteiger partial charge in [0, 0.05) is 18.2 Å². The number of nitrogens with zero attached hydrogens (tertiary/aromatic N) is 1. The standard InChI is InChI=1S/C15H19F2NO3S/c1-9(2)22(20,21)10(3)15(19)18-6-4-5-12-13(17)7-11(16)8-14(12)18/h7-10H,4-6H2,1-3H3. The molecule has 1 atom stereocenters. The van der Waals surface area contributed by atoms with Crippen molar-refractivity contribution < 1.29 is 22.0 Å². The smallest absolute Gasteiger partial charge is 0.245 e. The summed E-state index contributed by atoms with van der Waals surface area (Å²) in [4.78, 5) is 13.7. The predicted molar refractivity (Wildman–Crippen MR) is 80.5 cm³/mol. The largest absolute Gasteiger partial charge is 0.311 e. The third-order valence-electron chi connectivity index (χ3n) is 4.00. The molecule has 0 radical (unpaired) electrons. The van der Waals surface area contributed by atoms with E-state index in [-0.39, 0.29) is 17.8 Å². The van der Waals surface area contributed by atoms with Crippen LogP contribution >= 0.6 is 0 Å². The van der Waals surface area contributed by atoms with Crippen LogP contribution in [0.5, 0.6) is 0 Å². The first-order chi connectivity index (χ1) is 10.2. The quantitative estimate of drug-likeness (QED) is 0.855. The van der Waals surface area contributed by atoms with Gasteiger partial charge in [0.1, 0.15) is 16.9 Å². The Kier molecular flexibility index (Phi) is 4.56. The van der Waals surface area contributed by atoms with E-state index in [9.17, 15) is 22.0 Å². The maximum absolute atomic E-state index is 13.8. The van der Waals surface area contributed by atoms with E-state index in [0.717, 1.165) is 12.1 Å². The first kappa shape index (κ1) is 16.9. The topological polar surface area (TPSA) is 54.5 Å². The van der Waals surface area contributed by atoms with Crippen LogP contribution in [0.4, 0.5) is 14.5 Å². The molecule has 0 spiro atoms. The van der Waals surface area contributed by atoms with Crippen LogP contribution < -0.4 is 4.90 Å². The fourth-order valence-electron chi connectivity index (χ4n) is 2.61. The van der Waals surface area contributed by atoms with Gasteiger partial charge >= 0.3 is 0 Å². The van der Waals surface area contributed by atoms with Crippen molar-refractivity contribution in [2.24, 2.45) is 0 Å². The number of carbonyl (C=O) groups is 1. The Hall–Kier alpha value is -1.50. The van der Waals surface area contributed by atoms with Gasteiger partial charge in [-0.1, -0.05) is 0 Å². The average Bonchev–Trinajstić information content (AvgIpc) is 2.44. The summed E-state index contributed by atoms with van der Waals surface area (Å²) in [5, 5.41) is -1.94. The van der Waals surface area contributed by atoms with Crippen molar-refractivity contribution in [1.29, 1.82) is 0 Å². The van der Waals surface area contributed by atoms with E-state index in [1.165, 1.54) is 25.7 Å². The molecule has 0 aliphatic carbocycles. The number of amides is 1. The second-order valence-corrected chi connectivity index (χ2v) is 8.59. The van der Waals surface area contributed by atoms with Gasteiger partial charge in [-0.3, -0.25) is 4.79 Å². The van der Waals surface area contributed by atoms with Gasteiger partial charge in [0.15, 0.2) is 9.84 Å². The summed E-state index contributed by atoms with van der Waals surface area (Å²) in [5.74, 6) is -2.12. The van der Waals surface area contributed by atoms with Crippen LogP contribution in [0.3, 0.4) is 0 Å². The minimum atomic E-state index is -3.63. The molecule has 0 aromatic heterocycles. The SMILES string of the molecule is CC(C)S(=O)(=O)C(C)C(=O)N1CCCc2c(F)cc(F)cc21. The van der Waals surface area contributed by atoms with E-state index in [1.54, 1.807) is 0 Å². The molecule has 0 N–H and O–H groups in total. The van der Waals surface area contributed by atoms with E-state index >= 15 is 0 Å². The summed E-state index contributed by atoms with van der Waals surface area (Å²) in [6.45, 7) is 4.58. The zero-order chi connectivity index (χ0) is 16.7. The molecule has 122 valence electrons. The fraction of sp³-hybridized carbons (Fsp3) is 0.533. The first-order valence-corrected chi connectivity index (χ1v) is 8.79. The lowest BCUT2D eigenvalue weighted by atomic mass is 10.0. The van der Waals surface area contributed by atoms with Crippen LogP contribution in [0, 0.1) is 11.6 Å². The monoisotopic (exact) mass is 331 g/mol. The second kappa shape index (κ2) is 5.95. The number of anilines is 1. The molecule has 0 saturated heterocycles. The number of fused-ring (bicyclic) bond motifs is 1. The Morgan fingerprint density at radius 3 is 2.45 bits per heavy atom. The van der Waals surface area contributed by atoms with Crippen molar-refractivity contribution in [2.45, 2.75) is 44.1 Å². The Labute approximate surface area is 129 Å². The van der Waals surface area contributed by atoms with Crippen molar-refractivity contribution in [3.63, 3.8) is 0 Å². The highest BCUT2D eigenvalue weighted by Gasteiger charge is 2.36. The lowest BCUT2D eigenvalue weighted by Gasteiger charge is -2.32. The summed E-state index contributed by atoms with van der Waals surface area (Å²) >= 11 is 0. The highest BCUT2D eigenvalue weighted by Crippen LogP contribution is 2.31. The Morgan fingerprint density at radius 2 is 1.86 bits per heavy atom. The molecule has 0 fully saturated rings. The number of carbonyl (C=O) groups excluding carboxylic acids is 1. The van der Waals surface area contributed by atoms with Crippen molar-refractivity contribution in [3.8, 4) is 0 Å². The molecule has 22 heavy (non-hydrogen) atoms. The van der Waals surface area contributed by atoms with Crippen LogP contribution in [0.15, 0.2) is 12.1 Å². The molecule has 7 heteroatoms. The molecule has 0 saturated carbocycles. The number of benzene rings is 1. The van der Waals surface area contributed by atoms with Gasteiger partial charge in [0.05, 0.1) is 10.9 Å². The molecular weight excluding hydrogens is 312 g/mol. The highest BCUT2D eigenvalue weighted by molar-refractivity contribution is 7.93. The van der Waals surface area contributed by atoms with Crippen molar-refractivity contribution in [1.82, 2.24) is 0 Å². The van der Waals surface area contributed by atoms with Crippen LogP contribution in [0.2, 0.25) is 0 Å². The lowest BCUT2D eigenvalue weighted by molar-refractivity contribution is -0.118. The molecule has 1 aliphatic heterocycles. The first-order valence-electron chi connectivity index (χ1n) is 7.18. The van der Waals surface area contributed by atoms with Crippen LogP contribution in [0.25, 0.3) is 0 Å². The van der Waals surface area contributed by atoms with Gasteiger partial charge < -0.3 is 4.90 Å². The third kappa shape index (κ3) is 2.86. The van der Waals surface area contributed by atoms with E-state index in [2.05, 4.69) is 0 Å². The van der Waals surface area contributed by atoms with E-state index < -0.39 is 37.9 Å². The Bertz CT molecular complexity index is 701.